The first kappa shape index (κ1) is 18.4. The molecule has 0 spiro atoms. The third-order valence-corrected chi connectivity index (χ3v) is 6.52. The SMILES string of the molecule is CN(C)S(=O)(=O)c1ccccc1CNC(=O)NC1CCc2ccccc21. The minimum atomic E-state index is -3.56. The van der Waals surface area contributed by atoms with Gasteiger partial charge in [0.05, 0.1) is 10.9 Å². The van der Waals surface area contributed by atoms with Crippen LogP contribution in [0.4, 0.5) is 4.79 Å². The van der Waals surface area contributed by atoms with Crippen LogP contribution >= 0.6 is 0 Å². The number of sulfonamides is 1. The van der Waals surface area contributed by atoms with E-state index in [-0.39, 0.29) is 23.5 Å². The second kappa shape index (κ2) is 7.47. The fraction of sp³-hybridized carbons (Fsp3) is 0.316. The van der Waals surface area contributed by atoms with Crippen LogP contribution in [0.15, 0.2) is 53.4 Å². The van der Waals surface area contributed by atoms with E-state index in [1.54, 1.807) is 24.3 Å². The third kappa shape index (κ3) is 3.73. The van der Waals surface area contributed by atoms with Crippen molar-refractivity contribution in [2.24, 2.45) is 0 Å². The molecular formula is C19H23N3O3S. The van der Waals surface area contributed by atoms with Crippen molar-refractivity contribution >= 4 is 16.1 Å². The van der Waals surface area contributed by atoms with Crippen molar-refractivity contribution in [3.63, 3.8) is 0 Å². The molecule has 0 bridgehead atoms. The maximum Gasteiger partial charge on any atom is 0.315 e. The highest BCUT2D eigenvalue weighted by molar-refractivity contribution is 7.89. The van der Waals surface area contributed by atoms with E-state index < -0.39 is 10.0 Å². The molecule has 2 aromatic carbocycles. The Bertz CT molecular complexity index is 910. The van der Waals surface area contributed by atoms with Gasteiger partial charge in [0.15, 0.2) is 0 Å². The number of urea groups is 1. The van der Waals surface area contributed by atoms with Gasteiger partial charge in [-0.05, 0) is 35.6 Å². The molecule has 2 amide bonds. The number of rotatable bonds is 5. The van der Waals surface area contributed by atoms with Gasteiger partial charge in [0.2, 0.25) is 10.0 Å². The second-order valence-electron chi connectivity index (χ2n) is 6.51. The van der Waals surface area contributed by atoms with Crippen LogP contribution in [0.25, 0.3) is 0 Å². The Morgan fingerprint density at radius 1 is 1.12 bits per heavy atom. The summed E-state index contributed by atoms with van der Waals surface area (Å²) >= 11 is 0. The predicted octanol–water partition coefficient (Wildman–Crippen LogP) is 2.42. The lowest BCUT2D eigenvalue weighted by Crippen LogP contribution is -2.37. The van der Waals surface area contributed by atoms with Gasteiger partial charge in [0, 0.05) is 20.6 Å². The molecule has 3 rings (SSSR count). The van der Waals surface area contributed by atoms with E-state index in [9.17, 15) is 13.2 Å². The largest absolute Gasteiger partial charge is 0.334 e. The molecule has 0 aromatic heterocycles. The quantitative estimate of drug-likeness (QED) is 0.845. The fourth-order valence-electron chi connectivity index (χ4n) is 3.19. The Kier molecular flexibility index (Phi) is 5.29. The summed E-state index contributed by atoms with van der Waals surface area (Å²) in [7, 11) is -0.576. The van der Waals surface area contributed by atoms with E-state index in [2.05, 4.69) is 16.7 Å². The predicted molar refractivity (Wildman–Crippen MR) is 100 cm³/mol. The Morgan fingerprint density at radius 2 is 1.81 bits per heavy atom. The molecule has 0 aliphatic heterocycles. The number of fused-ring (bicyclic) bond motifs is 1. The number of benzene rings is 2. The van der Waals surface area contributed by atoms with Crippen LogP contribution in [0.2, 0.25) is 0 Å². The lowest BCUT2D eigenvalue weighted by molar-refractivity contribution is 0.236. The molecule has 0 radical (unpaired) electrons. The van der Waals surface area contributed by atoms with E-state index in [1.807, 2.05) is 18.2 Å². The number of nitrogens with zero attached hydrogens (tertiary/aromatic N) is 1. The van der Waals surface area contributed by atoms with Gasteiger partial charge < -0.3 is 10.6 Å². The maximum absolute atomic E-state index is 12.4. The van der Waals surface area contributed by atoms with Crippen LogP contribution in [-0.4, -0.2) is 32.8 Å². The first-order valence-corrected chi connectivity index (χ1v) is 9.96. The Hall–Kier alpha value is -2.38. The molecule has 2 N–H and O–H groups in total. The summed E-state index contributed by atoms with van der Waals surface area (Å²) in [5.74, 6) is 0. The lowest BCUT2D eigenvalue weighted by Gasteiger charge is -2.17. The number of carbonyl (C=O) groups is 1. The first-order valence-electron chi connectivity index (χ1n) is 8.52. The molecule has 26 heavy (non-hydrogen) atoms. The normalized spacial score (nSPS) is 16.3. The number of hydrogen-bond donors (Lipinski definition) is 2. The monoisotopic (exact) mass is 373 g/mol. The summed E-state index contributed by atoms with van der Waals surface area (Å²) in [5.41, 5.74) is 2.97. The molecule has 1 aliphatic rings. The van der Waals surface area contributed by atoms with Gasteiger partial charge in [0.25, 0.3) is 0 Å². The molecule has 2 aromatic rings. The standard InChI is InChI=1S/C19H23N3O3S/c1-22(2)26(24,25)18-10-6-4-8-15(18)13-20-19(23)21-17-12-11-14-7-3-5-9-16(14)17/h3-10,17H,11-13H2,1-2H3,(H2,20,21,23). The van der Waals surface area contributed by atoms with Crippen LogP contribution in [-0.2, 0) is 23.0 Å². The van der Waals surface area contributed by atoms with Crippen molar-refractivity contribution in [1.82, 2.24) is 14.9 Å². The number of carbonyl (C=O) groups excluding carboxylic acids is 1. The van der Waals surface area contributed by atoms with Crippen molar-refractivity contribution in [3.05, 3.63) is 65.2 Å². The summed E-state index contributed by atoms with van der Waals surface area (Å²) in [6, 6.07) is 14.5. The van der Waals surface area contributed by atoms with Crippen LogP contribution in [0, 0.1) is 0 Å². The van der Waals surface area contributed by atoms with Crippen LogP contribution in [0.1, 0.15) is 29.2 Å². The molecule has 0 saturated heterocycles. The average Bonchev–Trinajstić information content (AvgIpc) is 3.03. The van der Waals surface area contributed by atoms with Gasteiger partial charge in [-0.15, -0.1) is 0 Å². The molecule has 138 valence electrons. The van der Waals surface area contributed by atoms with Gasteiger partial charge in [-0.25, -0.2) is 17.5 Å². The third-order valence-electron chi connectivity index (χ3n) is 4.61. The van der Waals surface area contributed by atoms with Gasteiger partial charge >= 0.3 is 6.03 Å². The summed E-state index contributed by atoms with van der Waals surface area (Å²) in [6.07, 6.45) is 1.82. The smallest absolute Gasteiger partial charge is 0.315 e. The van der Waals surface area contributed by atoms with Gasteiger partial charge in [0.1, 0.15) is 0 Å². The zero-order valence-electron chi connectivity index (χ0n) is 14.9. The molecule has 0 heterocycles. The van der Waals surface area contributed by atoms with E-state index in [1.165, 1.54) is 24.0 Å². The highest BCUT2D eigenvalue weighted by Gasteiger charge is 2.24. The zero-order chi connectivity index (χ0) is 18.7. The molecule has 0 saturated carbocycles. The van der Waals surface area contributed by atoms with Gasteiger partial charge in [-0.1, -0.05) is 42.5 Å². The highest BCUT2D eigenvalue weighted by Crippen LogP contribution is 2.30. The molecule has 6 nitrogen and oxygen atoms in total. The van der Waals surface area contributed by atoms with E-state index in [0.717, 1.165) is 18.4 Å². The van der Waals surface area contributed by atoms with Crippen LogP contribution < -0.4 is 10.6 Å². The van der Waals surface area contributed by atoms with E-state index in [0.29, 0.717) is 5.56 Å². The van der Waals surface area contributed by atoms with Crippen LogP contribution in [0.3, 0.4) is 0 Å². The summed E-state index contributed by atoms with van der Waals surface area (Å²) in [6.45, 7) is 0.142. The Morgan fingerprint density at radius 3 is 2.58 bits per heavy atom. The lowest BCUT2D eigenvalue weighted by atomic mass is 10.1. The van der Waals surface area contributed by atoms with Crippen molar-refractivity contribution in [1.29, 1.82) is 0 Å². The van der Waals surface area contributed by atoms with Gasteiger partial charge in [-0.3, -0.25) is 0 Å². The molecule has 1 atom stereocenters. The average molecular weight is 373 g/mol. The van der Waals surface area contributed by atoms with Crippen LogP contribution in [0.5, 0.6) is 0 Å². The molecule has 7 heteroatoms. The minimum Gasteiger partial charge on any atom is -0.334 e. The second-order valence-corrected chi connectivity index (χ2v) is 8.63. The van der Waals surface area contributed by atoms with Crippen molar-refractivity contribution < 1.29 is 13.2 Å². The van der Waals surface area contributed by atoms with E-state index in [4.69, 9.17) is 0 Å². The van der Waals surface area contributed by atoms with Crippen molar-refractivity contribution in [2.75, 3.05) is 14.1 Å². The first-order chi connectivity index (χ1) is 12.4. The summed E-state index contributed by atoms with van der Waals surface area (Å²) in [4.78, 5) is 12.5. The molecule has 1 unspecified atom stereocenters. The van der Waals surface area contributed by atoms with E-state index >= 15 is 0 Å². The zero-order valence-corrected chi connectivity index (χ0v) is 15.7. The molecular weight excluding hydrogens is 350 g/mol. The number of amides is 2. The summed E-state index contributed by atoms with van der Waals surface area (Å²) < 4.78 is 26.0. The Balaban J connectivity index is 1.66. The van der Waals surface area contributed by atoms with Crippen molar-refractivity contribution in [2.45, 2.75) is 30.3 Å². The summed E-state index contributed by atoms with van der Waals surface area (Å²) in [5, 5.41) is 5.75. The number of aryl methyl sites for hydroxylation is 1. The minimum absolute atomic E-state index is 0.00745. The number of nitrogens with one attached hydrogen (secondary N) is 2. The molecule has 0 fully saturated rings. The highest BCUT2D eigenvalue weighted by atomic mass is 32.2. The fourth-order valence-corrected chi connectivity index (χ4v) is 4.31. The van der Waals surface area contributed by atoms with Crippen molar-refractivity contribution in [3.8, 4) is 0 Å². The topological polar surface area (TPSA) is 78.5 Å². The maximum atomic E-state index is 12.4. The molecule has 1 aliphatic carbocycles. The number of hydrogen-bond acceptors (Lipinski definition) is 3. The van der Waals surface area contributed by atoms with Gasteiger partial charge in [-0.2, -0.15) is 0 Å². The Labute approximate surface area is 154 Å².